The van der Waals surface area contributed by atoms with Gasteiger partial charge in [-0.15, -0.1) is 23.1 Å². The Morgan fingerprint density at radius 3 is 2.08 bits per heavy atom. The zero-order valence-electron chi connectivity index (χ0n) is 34.2. The molecule has 0 N–H and O–H groups in total. The number of rotatable bonds is 7. The molecule has 5 heterocycles. The molecule has 10 rings (SSSR count). The van der Waals surface area contributed by atoms with Crippen molar-refractivity contribution in [1.82, 2.24) is 14.5 Å². The van der Waals surface area contributed by atoms with Gasteiger partial charge < -0.3 is 14.0 Å². The van der Waals surface area contributed by atoms with Gasteiger partial charge in [0.05, 0.1) is 11.2 Å². The maximum atomic E-state index is 6.92. The monoisotopic (exact) mass is 951 g/mol. The Morgan fingerprint density at radius 1 is 0.695 bits per heavy atom. The van der Waals surface area contributed by atoms with Gasteiger partial charge in [-0.1, -0.05) is 140 Å². The standard InChI is InChI=1S/C52H44N4O2.Pt/c1-32-25-40-39-27-33(2)45(31-44(39)56-47(40)42(26-32)50(3,4)41-21-16-24-54-48(41)56)57-38-29-36(43-22-14-15-23-53-43)28-37(30-38)49-55-52(7,51(5,6)58-49)46(34-17-10-8-11-18-34)35-19-12-9-13-20-35;/h8-29,46H,1-7H3;/q-2;+2/t52-;/m1./s1. The summed E-state index contributed by atoms with van der Waals surface area (Å²) in [5.74, 6) is 2.49. The van der Waals surface area contributed by atoms with Crippen molar-refractivity contribution >= 4 is 27.7 Å². The first kappa shape index (κ1) is 38.7. The third-order valence-electron chi connectivity index (χ3n) is 12.5. The molecule has 0 bridgehead atoms. The predicted octanol–water partition coefficient (Wildman–Crippen LogP) is 12.0. The van der Waals surface area contributed by atoms with E-state index in [1.165, 1.54) is 38.7 Å². The van der Waals surface area contributed by atoms with Crippen LogP contribution in [-0.4, -0.2) is 31.6 Å². The zero-order chi connectivity index (χ0) is 40.0. The first-order valence-electron chi connectivity index (χ1n) is 20.0. The van der Waals surface area contributed by atoms with Gasteiger partial charge in [0.2, 0.25) is 0 Å². The van der Waals surface area contributed by atoms with E-state index < -0.39 is 11.1 Å². The Hall–Kier alpha value is -5.84. The van der Waals surface area contributed by atoms with E-state index in [0.29, 0.717) is 23.0 Å². The van der Waals surface area contributed by atoms with Crippen LogP contribution in [0.2, 0.25) is 0 Å². The van der Waals surface area contributed by atoms with Crippen molar-refractivity contribution in [1.29, 1.82) is 0 Å². The number of ether oxygens (including phenoxy) is 2. The molecule has 2 aliphatic heterocycles. The molecule has 8 aromatic rings. The molecule has 0 saturated carbocycles. The number of aliphatic imine (C=N–C) groups is 1. The third kappa shape index (κ3) is 6.14. The van der Waals surface area contributed by atoms with Crippen molar-refractivity contribution < 1.29 is 30.5 Å². The van der Waals surface area contributed by atoms with Gasteiger partial charge >= 0.3 is 21.1 Å². The van der Waals surface area contributed by atoms with Crippen LogP contribution in [0.15, 0.2) is 139 Å². The molecule has 59 heavy (non-hydrogen) atoms. The van der Waals surface area contributed by atoms with E-state index in [9.17, 15) is 0 Å². The number of benzene rings is 5. The molecule has 0 saturated heterocycles. The fraction of sp³-hybridized carbons (Fsp3) is 0.212. The number of nitrogens with zero attached hydrogens (tertiary/aromatic N) is 4. The molecule has 0 fully saturated rings. The van der Waals surface area contributed by atoms with Crippen LogP contribution in [0.3, 0.4) is 0 Å². The topological polar surface area (TPSA) is 61.5 Å². The van der Waals surface area contributed by atoms with Crippen LogP contribution >= 0.6 is 0 Å². The molecule has 294 valence electrons. The second-order valence-electron chi connectivity index (χ2n) is 17.0. The van der Waals surface area contributed by atoms with E-state index in [1.807, 2.05) is 42.6 Å². The van der Waals surface area contributed by atoms with E-state index in [-0.39, 0.29) is 32.4 Å². The molecule has 0 unspecified atom stereocenters. The van der Waals surface area contributed by atoms with Gasteiger partial charge in [0.15, 0.2) is 0 Å². The number of aromatic nitrogens is 3. The molecular weight excluding hydrogens is 908 g/mol. The van der Waals surface area contributed by atoms with Gasteiger partial charge in [-0.05, 0) is 68.0 Å². The molecule has 5 aromatic carbocycles. The molecule has 0 radical (unpaired) electrons. The van der Waals surface area contributed by atoms with E-state index in [4.69, 9.17) is 24.4 Å². The van der Waals surface area contributed by atoms with Crippen LogP contribution in [-0.2, 0) is 31.2 Å². The molecule has 0 amide bonds. The average molecular weight is 952 g/mol. The number of aryl methyl sites for hydroxylation is 2. The van der Waals surface area contributed by atoms with E-state index in [0.717, 1.165) is 33.5 Å². The minimum absolute atomic E-state index is 0. The summed E-state index contributed by atoms with van der Waals surface area (Å²) in [6.45, 7) is 15.3. The van der Waals surface area contributed by atoms with Crippen molar-refractivity contribution in [3.8, 4) is 28.6 Å². The summed E-state index contributed by atoms with van der Waals surface area (Å²) in [4.78, 5) is 15.2. The molecule has 7 heteroatoms. The summed E-state index contributed by atoms with van der Waals surface area (Å²) in [7, 11) is 0. The fourth-order valence-electron chi connectivity index (χ4n) is 9.22. The van der Waals surface area contributed by atoms with Crippen LogP contribution in [0.1, 0.15) is 79.5 Å². The van der Waals surface area contributed by atoms with Gasteiger partial charge in [0.25, 0.3) is 0 Å². The summed E-state index contributed by atoms with van der Waals surface area (Å²) in [6, 6.07) is 49.5. The minimum atomic E-state index is -0.682. The van der Waals surface area contributed by atoms with E-state index >= 15 is 0 Å². The molecule has 2 aliphatic rings. The van der Waals surface area contributed by atoms with Crippen LogP contribution in [0.4, 0.5) is 0 Å². The molecule has 3 aromatic heterocycles. The Bertz CT molecular complexity index is 2900. The summed E-state index contributed by atoms with van der Waals surface area (Å²) >= 11 is 0. The predicted molar refractivity (Wildman–Crippen MR) is 232 cm³/mol. The summed E-state index contributed by atoms with van der Waals surface area (Å²) in [5.41, 5.74) is 9.88. The van der Waals surface area contributed by atoms with Crippen molar-refractivity contribution in [2.45, 2.75) is 70.9 Å². The van der Waals surface area contributed by atoms with Crippen LogP contribution in [0.5, 0.6) is 11.5 Å². The minimum Gasteiger partial charge on any atom is -0.512 e. The first-order valence-corrected chi connectivity index (χ1v) is 20.0. The average Bonchev–Trinajstić information content (AvgIpc) is 3.66. The van der Waals surface area contributed by atoms with Gasteiger partial charge in [-0.3, -0.25) is 9.98 Å². The number of hydrogen-bond donors (Lipinski definition) is 0. The summed E-state index contributed by atoms with van der Waals surface area (Å²) in [5, 5.41) is 2.31. The molecule has 6 nitrogen and oxygen atoms in total. The Morgan fingerprint density at radius 2 is 1.39 bits per heavy atom. The summed E-state index contributed by atoms with van der Waals surface area (Å²) in [6.07, 6.45) is 3.68. The van der Waals surface area contributed by atoms with Crippen molar-refractivity contribution in [3.05, 3.63) is 185 Å². The number of hydrogen-bond acceptors (Lipinski definition) is 5. The molecule has 1 atom stereocenters. The Balaban J connectivity index is 0.00000449. The van der Waals surface area contributed by atoms with Gasteiger partial charge in [-0.25, -0.2) is 4.98 Å². The Labute approximate surface area is 360 Å². The zero-order valence-corrected chi connectivity index (χ0v) is 36.5. The Kier molecular flexibility index (Phi) is 9.28. The van der Waals surface area contributed by atoms with Gasteiger partial charge in [-0.2, -0.15) is 6.07 Å². The summed E-state index contributed by atoms with van der Waals surface area (Å²) < 4.78 is 16.1. The number of fused-ring (bicyclic) bond motifs is 5. The molecule has 0 aliphatic carbocycles. The molecular formula is C52H44N4O2Pt. The van der Waals surface area contributed by atoms with Crippen LogP contribution in [0.25, 0.3) is 38.9 Å². The van der Waals surface area contributed by atoms with Crippen molar-refractivity contribution in [2.75, 3.05) is 0 Å². The van der Waals surface area contributed by atoms with E-state index in [2.05, 4.69) is 150 Å². The van der Waals surface area contributed by atoms with Crippen molar-refractivity contribution in [3.63, 3.8) is 0 Å². The smallest absolute Gasteiger partial charge is 0.512 e. The SMILES string of the molecule is Cc1cc2c3c(c1)c1cc(C)c(Oc4[c-]c(C5=N[C@](C)(C(c6ccccc6)c6ccccc6)C(C)(C)O5)cc(-c5ccccn5)c4)[c-]c1n3-c1ncccc1C2(C)C.[Pt+2]. The van der Waals surface area contributed by atoms with Crippen molar-refractivity contribution in [2.24, 2.45) is 4.99 Å². The second-order valence-corrected chi connectivity index (χ2v) is 17.0. The normalized spacial score (nSPS) is 17.3. The van der Waals surface area contributed by atoms with Crippen LogP contribution in [0, 0.1) is 26.0 Å². The first-order chi connectivity index (χ1) is 27.9. The van der Waals surface area contributed by atoms with E-state index in [1.54, 1.807) is 6.20 Å². The maximum absolute atomic E-state index is 6.92. The third-order valence-corrected chi connectivity index (χ3v) is 12.5. The number of pyridine rings is 2. The largest absolute Gasteiger partial charge is 2.00 e. The van der Waals surface area contributed by atoms with Gasteiger partial charge in [0.1, 0.15) is 17.3 Å². The van der Waals surface area contributed by atoms with Gasteiger partial charge in [0, 0.05) is 46.3 Å². The fourth-order valence-corrected chi connectivity index (χ4v) is 9.22. The second kappa shape index (κ2) is 14.2. The van der Waals surface area contributed by atoms with Crippen LogP contribution < -0.4 is 4.74 Å². The molecule has 0 spiro atoms. The maximum Gasteiger partial charge on any atom is 2.00 e. The quantitative estimate of drug-likeness (QED) is 0.149.